The largest absolute Gasteiger partial charge is 0.331 e. The van der Waals surface area contributed by atoms with Gasteiger partial charge in [0.05, 0.1) is 11.5 Å². The van der Waals surface area contributed by atoms with Gasteiger partial charge in [-0.1, -0.05) is 60.7 Å². The van der Waals surface area contributed by atoms with E-state index >= 15 is 0 Å². The van der Waals surface area contributed by atoms with Crippen LogP contribution in [-0.4, -0.2) is 17.4 Å². The van der Waals surface area contributed by atoms with Crippen LogP contribution < -0.4 is 0 Å². The van der Waals surface area contributed by atoms with Gasteiger partial charge in [-0.25, -0.2) is 0 Å². The van der Waals surface area contributed by atoms with E-state index in [4.69, 9.17) is 0 Å². The number of rotatable bonds is 5. The third-order valence-corrected chi connectivity index (χ3v) is 7.64. The normalized spacial score (nSPS) is 30.6. The maximum atomic E-state index is 14.1. The van der Waals surface area contributed by atoms with E-state index in [1.807, 2.05) is 0 Å². The van der Waals surface area contributed by atoms with E-state index in [1.54, 1.807) is 0 Å². The Labute approximate surface area is 169 Å². The van der Waals surface area contributed by atoms with Crippen LogP contribution in [-0.2, 0) is 4.79 Å². The molecule has 146 valence electrons. The van der Waals surface area contributed by atoms with Gasteiger partial charge in [-0.3, -0.25) is 4.79 Å². The molecule has 0 N–H and O–H groups in total. The SMILES string of the molecule is CCN(C(=O)C12CC3CC(CC(C3)C1)C2)C(c1ccccc1)c1ccccc1. The molecule has 4 saturated carbocycles. The standard InChI is InChI=1S/C26H31NO/c1-2-27(24(22-9-5-3-6-10-22)23-11-7-4-8-12-23)25(28)26-16-19-13-20(17-26)15-21(14-19)18-26/h3-12,19-21,24H,2,13-18H2,1H3. The smallest absolute Gasteiger partial charge is 0.229 e. The number of carbonyl (C=O) groups is 1. The van der Waals surface area contributed by atoms with Crippen molar-refractivity contribution in [3.05, 3.63) is 71.8 Å². The molecule has 0 heterocycles. The highest BCUT2D eigenvalue weighted by atomic mass is 16.2. The molecular formula is C26H31NO. The van der Waals surface area contributed by atoms with Gasteiger partial charge in [0.25, 0.3) is 0 Å². The predicted molar refractivity (Wildman–Crippen MR) is 113 cm³/mol. The van der Waals surface area contributed by atoms with Crippen molar-refractivity contribution >= 4 is 5.91 Å². The van der Waals surface area contributed by atoms with Crippen molar-refractivity contribution < 1.29 is 4.79 Å². The first-order valence-electron chi connectivity index (χ1n) is 11.1. The van der Waals surface area contributed by atoms with Crippen molar-refractivity contribution in [2.75, 3.05) is 6.54 Å². The van der Waals surface area contributed by atoms with E-state index in [9.17, 15) is 4.79 Å². The van der Waals surface area contributed by atoms with Gasteiger partial charge in [0.1, 0.15) is 0 Å². The summed E-state index contributed by atoms with van der Waals surface area (Å²) in [6.07, 6.45) is 7.51. The first-order chi connectivity index (χ1) is 13.7. The van der Waals surface area contributed by atoms with Gasteiger partial charge in [-0.05, 0) is 74.3 Å². The molecule has 4 bridgehead atoms. The van der Waals surface area contributed by atoms with Gasteiger partial charge in [-0.2, -0.15) is 0 Å². The van der Waals surface area contributed by atoms with Crippen LogP contribution >= 0.6 is 0 Å². The quantitative estimate of drug-likeness (QED) is 0.644. The molecule has 1 amide bonds. The van der Waals surface area contributed by atoms with Crippen LogP contribution in [0.1, 0.15) is 62.6 Å². The maximum Gasteiger partial charge on any atom is 0.229 e. The summed E-state index contributed by atoms with van der Waals surface area (Å²) in [7, 11) is 0. The summed E-state index contributed by atoms with van der Waals surface area (Å²) in [5.41, 5.74) is 2.34. The molecular weight excluding hydrogens is 342 g/mol. The number of amides is 1. The van der Waals surface area contributed by atoms with Gasteiger partial charge in [0, 0.05) is 6.54 Å². The van der Waals surface area contributed by atoms with E-state index in [2.05, 4.69) is 72.5 Å². The molecule has 2 nitrogen and oxygen atoms in total. The van der Waals surface area contributed by atoms with Crippen LogP contribution in [0.25, 0.3) is 0 Å². The average molecular weight is 374 g/mol. The molecule has 4 aliphatic rings. The van der Waals surface area contributed by atoms with Crippen molar-refractivity contribution in [2.45, 2.75) is 51.5 Å². The molecule has 0 atom stereocenters. The molecule has 0 saturated heterocycles. The Morgan fingerprint density at radius 2 is 1.29 bits per heavy atom. The Balaban J connectivity index is 1.53. The highest BCUT2D eigenvalue weighted by molar-refractivity contribution is 5.84. The van der Waals surface area contributed by atoms with E-state index < -0.39 is 0 Å². The summed E-state index contributed by atoms with van der Waals surface area (Å²) in [5.74, 6) is 2.80. The third kappa shape index (κ3) is 2.98. The number of carbonyl (C=O) groups excluding carboxylic acids is 1. The molecule has 2 aromatic rings. The molecule has 4 fully saturated rings. The van der Waals surface area contributed by atoms with Gasteiger partial charge < -0.3 is 4.90 Å². The van der Waals surface area contributed by atoms with Crippen molar-refractivity contribution in [1.29, 1.82) is 0 Å². The molecule has 4 aliphatic carbocycles. The lowest BCUT2D eigenvalue weighted by Gasteiger charge is -2.57. The lowest BCUT2D eigenvalue weighted by atomic mass is 9.49. The number of hydrogen-bond acceptors (Lipinski definition) is 1. The van der Waals surface area contributed by atoms with E-state index in [0.29, 0.717) is 5.91 Å². The van der Waals surface area contributed by atoms with E-state index in [1.165, 1.54) is 30.4 Å². The molecule has 28 heavy (non-hydrogen) atoms. The van der Waals surface area contributed by atoms with Gasteiger partial charge in [-0.15, -0.1) is 0 Å². The van der Waals surface area contributed by atoms with Crippen molar-refractivity contribution in [3.8, 4) is 0 Å². The number of nitrogens with zero attached hydrogens (tertiary/aromatic N) is 1. The van der Waals surface area contributed by atoms with Crippen LogP contribution in [0.2, 0.25) is 0 Å². The first kappa shape index (κ1) is 18.0. The molecule has 0 spiro atoms. The van der Waals surface area contributed by atoms with Crippen LogP contribution in [0.4, 0.5) is 0 Å². The molecule has 0 aromatic heterocycles. The highest BCUT2D eigenvalue weighted by Gasteiger charge is 2.56. The van der Waals surface area contributed by atoms with Gasteiger partial charge in [0.15, 0.2) is 0 Å². The minimum absolute atomic E-state index is 0.00732. The average Bonchev–Trinajstić information content (AvgIpc) is 2.72. The number of hydrogen-bond donors (Lipinski definition) is 0. The highest BCUT2D eigenvalue weighted by Crippen LogP contribution is 2.61. The monoisotopic (exact) mass is 373 g/mol. The zero-order chi connectivity index (χ0) is 19.1. The summed E-state index contributed by atoms with van der Waals surface area (Å²) in [5, 5.41) is 0. The van der Waals surface area contributed by atoms with Crippen LogP contribution in [0.3, 0.4) is 0 Å². The molecule has 6 rings (SSSR count). The molecule has 0 aliphatic heterocycles. The maximum absolute atomic E-state index is 14.1. The fourth-order valence-electron chi connectivity index (χ4n) is 6.94. The third-order valence-electron chi connectivity index (χ3n) is 7.64. The zero-order valence-electron chi connectivity index (χ0n) is 16.9. The molecule has 2 aromatic carbocycles. The summed E-state index contributed by atoms with van der Waals surface area (Å²) < 4.78 is 0. The fourth-order valence-corrected chi connectivity index (χ4v) is 6.94. The fraction of sp³-hybridized carbons (Fsp3) is 0.500. The Morgan fingerprint density at radius 3 is 1.68 bits per heavy atom. The minimum atomic E-state index is -0.0907. The molecule has 2 heteroatoms. The Hall–Kier alpha value is -2.09. The first-order valence-corrected chi connectivity index (χ1v) is 11.1. The zero-order valence-corrected chi connectivity index (χ0v) is 16.9. The second-order valence-electron chi connectivity index (χ2n) is 9.51. The van der Waals surface area contributed by atoms with Crippen molar-refractivity contribution in [2.24, 2.45) is 23.2 Å². The second kappa shape index (κ2) is 7.06. The Bertz CT molecular complexity index is 753. The van der Waals surface area contributed by atoms with Crippen LogP contribution in [0, 0.1) is 23.2 Å². The Morgan fingerprint density at radius 1 is 0.857 bits per heavy atom. The van der Waals surface area contributed by atoms with Gasteiger partial charge in [0.2, 0.25) is 5.91 Å². The number of benzene rings is 2. The molecule has 0 unspecified atom stereocenters. The molecule has 0 radical (unpaired) electrons. The van der Waals surface area contributed by atoms with E-state index in [0.717, 1.165) is 43.6 Å². The topological polar surface area (TPSA) is 20.3 Å². The second-order valence-corrected chi connectivity index (χ2v) is 9.51. The summed E-state index contributed by atoms with van der Waals surface area (Å²) in [6, 6.07) is 21.2. The van der Waals surface area contributed by atoms with Crippen LogP contribution in [0.5, 0.6) is 0 Å². The summed E-state index contributed by atoms with van der Waals surface area (Å²) in [4.78, 5) is 16.3. The predicted octanol–water partition coefficient (Wildman–Crippen LogP) is 5.84. The van der Waals surface area contributed by atoms with Crippen molar-refractivity contribution in [3.63, 3.8) is 0 Å². The minimum Gasteiger partial charge on any atom is -0.331 e. The summed E-state index contributed by atoms with van der Waals surface area (Å²) in [6.45, 7) is 2.91. The van der Waals surface area contributed by atoms with Crippen LogP contribution in [0.15, 0.2) is 60.7 Å². The lowest BCUT2D eigenvalue weighted by molar-refractivity contribution is -0.159. The Kier molecular flexibility index (Phi) is 4.53. The lowest BCUT2D eigenvalue weighted by Crippen LogP contribution is -2.55. The van der Waals surface area contributed by atoms with Gasteiger partial charge >= 0.3 is 0 Å². The summed E-state index contributed by atoms with van der Waals surface area (Å²) >= 11 is 0. The van der Waals surface area contributed by atoms with Crippen molar-refractivity contribution in [1.82, 2.24) is 4.90 Å². The van der Waals surface area contributed by atoms with E-state index in [-0.39, 0.29) is 11.5 Å².